The van der Waals surface area contributed by atoms with Gasteiger partial charge in [-0.1, -0.05) is 240 Å². The summed E-state index contributed by atoms with van der Waals surface area (Å²) in [5.74, 6) is -0.993. The molecule has 0 saturated heterocycles. The molecule has 0 aliphatic rings. The summed E-state index contributed by atoms with van der Waals surface area (Å²) in [7, 11) is 0. The van der Waals surface area contributed by atoms with Gasteiger partial charge in [0.15, 0.2) is 6.10 Å². The zero-order chi connectivity index (χ0) is 47.9. The van der Waals surface area contributed by atoms with E-state index in [-0.39, 0.29) is 37.5 Å². The standard InChI is InChI=1S/C60H100O6/c1-4-7-10-13-16-19-22-25-27-28-29-30-31-32-33-36-38-41-44-47-50-53-59(62)65-56-57(55-64-58(61)52-49-46-43-40-37-34-24-21-18-15-12-9-6-3)66-60(63)54-51-48-45-42-39-35-26-23-20-17-14-11-8-5-2/h7,9-10,12,16,18-19,21,25,27,29-30,34,37,43,46,57H,4-6,8,11,13-15,17,20,22-24,26,28,31-33,35-36,38-42,44-45,47-56H2,1-3H3/b10-7-,12-9-,19-16-,21-18-,27-25-,30-29-,37-34-,46-43-. The van der Waals surface area contributed by atoms with Gasteiger partial charge in [-0.2, -0.15) is 0 Å². The molecular weight excluding hydrogens is 817 g/mol. The molecule has 0 amide bonds. The molecule has 6 nitrogen and oxygen atoms in total. The molecular formula is C60H100O6. The Kier molecular flexibility index (Phi) is 50.9. The first-order valence-corrected chi connectivity index (χ1v) is 27.2. The monoisotopic (exact) mass is 917 g/mol. The van der Waals surface area contributed by atoms with Crippen molar-refractivity contribution in [1.82, 2.24) is 0 Å². The molecule has 66 heavy (non-hydrogen) atoms. The van der Waals surface area contributed by atoms with Gasteiger partial charge in [-0.15, -0.1) is 0 Å². The van der Waals surface area contributed by atoms with Crippen molar-refractivity contribution in [3.05, 3.63) is 97.2 Å². The van der Waals surface area contributed by atoms with Gasteiger partial charge in [0.05, 0.1) is 0 Å². The van der Waals surface area contributed by atoms with Gasteiger partial charge in [0.25, 0.3) is 0 Å². The Morgan fingerprint density at radius 1 is 0.318 bits per heavy atom. The molecule has 0 bridgehead atoms. The molecule has 0 aromatic heterocycles. The Morgan fingerprint density at radius 2 is 0.621 bits per heavy atom. The summed E-state index contributed by atoms with van der Waals surface area (Å²) in [5, 5.41) is 0. The molecule has 1 unspecified atom stereocenters. The van der Waals surface area contributed by atoms with Crippen LogP contribution in [0.1, 0.15) is 245 Å². The van der Waals surface area contributed by atoms with Crippen LogP contribution >= 0.6 is 0 Å². The van der Waals surface area contributed by atoms with E-state index >= 15 is 0 Å². The van der Waals surface area contributed by atoms with Crippen molar-refractivity contribution < 1.29 is 28.6 Å². The van der Waals surface area contributed by atoms with Crippen molar-refractivity contribution in [2.75, 3.05) is 13.2 Å². The van der Waals surface area contributed by atoms with E-state index in [4.69, 9.17) is 14.2 Å². The molecule has 0 fully saturated rings. The maximum absolute atomic E-state index is 12.8. The molecule has 0 aromatic rings. The zero-order valence-corrected chi connectivity index (χ0v) is 42.9. The van der Waals surface area contributed by atoms with Crippen LogP contribution < -0.4 is 0 Å². The fraction of sp³-hybridized carbons (Fsp3) is 0.683. The number of allylic oxidation sites excluding steroid dienone is 16. The number of ether oxygens (including phenoxy) is 3. The van der Waals surface area contributed by atoms with Crippen molar-refractivity contribution in [3.63, 3.8) is 0 Å². The number of hydrogen-bond donors (Lipinski definition) is 0. The van der Waals surface area contributed by atoms with E-state index in [0.29, 0.717) is 19.3 Å². The van der Waals surface area contributed by atoms with Crippen LogP contribution in [0.25, 0.3) is 0 Å². The van der Waals surface area contributed by atoms with Crippen molar-refractivity contribution in [3.8, 4) is 0 Å². The lowest BCUT2D eigenvalue weighted by atomic mass is 10.0. The molecule has 376 valence electrons. The average Bonchev–Trinajstić information content (AvgIpc) is 3.31. The third kappa shape index (κ3) is 51.3. The summed E-state index contributed by atoms with van der Waals surface area (Å²) in [6, 6.07) is 0. The topological polar surface area (TPSA) is 78.9 Å². The van der Waals surface area contributed by atoms with Crippen LogP contribution in [0.5, 0.6) is 0 Å². The number of unbranched alkanes of at least 4 members (excludes halogenated alkanes) is 21. The molecule has 0 N–H and O–H groups in total. The Balaban J connectivity index is 4.42. The van der Waals surface area contributed by atoms with Crippen molar-refractivity contribution in [2.24, 2.45) is 0 Å². The third-order valence-corrected chi connectivity index (χ3v) is 11.3. The lowest BCUT2D eigenvalue weighted by Crippen LogP contribution is -2.30. The molecule has 0 aliphatic heterocycles. The van der Waals surface area contributed by atoms with Crippen LogP contribution in [0.15, 0.2) is 97.2 Å². The van der Waals surface area contributed by atoms with Crippen LogP contribution in [-0.2, 0) is 28.6 Å². The van der Waals surface area contributed by atoms with E-state index in [2.05, 4.69) is 112 Å². The highest BCUT2D eigenvalue weighted by Crippen LogP contribution is 2.15. The Morgan fingerprint density at radius 3 is 1.02 bits per heavy atom. The smallest absolute Gasteiger partial charge is 0.306 e. The third-order valence-electron chi connectivity index (χ3n) is 11.3. The van der Waals surface area contributed by atoms with Crippen molar-refractivity contribution in [1.29, 1.82) is 0 Å². The second kappa shape index (κ2) is 53.9. The summed E-state index contributed by atoms with van der Waals surface area (Å²) in [6.45, 7) is 6.34. The van der Waals surface area contributed by atoms with Crippen molar-refractivity contribution >= 4 is 17.9 Å². The van der Waals surface area contributed by atoms with Crippen molar-refractivity contribution in [2.45, 2.75) is 252 Å². The van der Waals surface area contributed by atoms with E-state index in [1.165, 1.54) is 103 Å². The summed E-state index contributed by atoms with van der Waals surface area (Å²) >= 11 is 0. The average molecular weight is 917 g/mol. The second-order valence-electron chi connectivity index (χ2n) is 17.7. The molecule has 0 spiro atoms. The highest BCUT2D eigenvalue weighted by Gasteiger charge is 2.19. The molecule has 0 aromatic carbocycles. The van der Waals surface area contributed by atoms with E-state index in [9.17, 15) is 14.4 Å². The Hall–Kier alpha value is -3.67. The second-order valence-corrected chi connectivity index (χ2v) is 17.7. The number of carbonyl (C=O) groups is 3. The van der Waals surface area contributed by atoms with Gasteiger partial charge in [0.2, 0.25) is 0 Å². The van der Waals surface area contributed by atoms with Gasteiger partial charge in [0, 0.05) is 19.3 Å². The minimum Gasteiger partial charge on any atom is -0.462 e. The van der Waals surface area contributed by atoms with Crippen LogP contribution in [0, 0.1) is 0 Å². The van der Waals surface area contributed by atoms with Crippen LogP contribution in [-0.4, -0.2) is 37.2 Å². The molecule has 0 aliphatic carbocycles. The predicted molar refractivity (Wildman–Crippen MR) is 284 cm³/mol. The van der Waals surface area contributed by atoms with E-state index in [1.807, 2.05) is 6.08 Å². The molecule has 0 rings (SSSR count). The summed E-state index contributed by atoms with van der Waals surface area (Å²) < 4.78 is 16.8. The highest BCUT2D eigenvalue weighted by atomic mass is 16.6. The number of esters is 3. The minimum atomic E-state index is -0.808. The van der Waals surface area contributed by atoms with Gasteiger partial charge in [-0.05, 0) is 83.5 Å². The summed E-state index contributed by atoms with van der Waals surface area (Å²) in [4.78, 5) is 38.0. The minimum absolute atomic E-state index is 0.103. The van der Waals surface area contributed by atoms with E-state index in [0.717, 1.165) is 96.3 Å². The van der Waals surface area contributed by atoms with Gasteiger partial charge >= 0.3 is 17.9 Å². The molecule has 0 saturated carbocycles. The number of carbonyl (C=O) groups excluding carboxylic acids is 3. The normalized spacial score (nSPS) is 12.8. The fourth-order valence-electron chi connectivity index (χ4n) is 7.33. The fourth-order valence-corrected chi connectivity index (χ4v) is 7.33. The first kappa shape index (κ1) is 62.3. The first-order chi connectivity index (χ1) is 32.5. The van der Waals surface area contributed by atoms with Crippen LogP contribution in [0.2, 0.25) is 0 Å². The van der Waals surface area contributed by atoms with Crippen LogP contribution in [0.3, 0.4) is 0 Å². The van der Waals surface area contributed by atoms with E-state index in [1.54, 1.807) is 0 Å². The molecule has 0 radical (unpaired) electrons. The summed E-state index contributed by atoms with van der Waals surface area (Å²) in [5.41, 5.74) is 0. The largest absolute Gasteiger partial charge is 0.462 e. The maximum atomic E-state index is 12.8. The SMILES string of the molecule is CC/C=C\C/C=C\C/C=C\C/C=C\CCCCCCCCCCC(=O)OCC(COC(=O)CC/C=C\C/C=C\C/C=C\C/C=C\CC)OC(=O)CCCCCCCCCCCCCCCC. The Bertz CT molecular complexity index is 1330. The van der Waals surface area contributed by atoms with Gasteiger partial charge in [0.1, 0.15) is 13.2 Å². The lowest BCUT2D eigenvalue weighted by Gasteiger charge is -2.18. The number of hydrogen-bond acceptors (Lipinski definition) is 6. The predicted octanol–water partition coefficient (Wildman–Crippen LogP) is 18.1. The molecule has 6 heteroatoms. The Labute approximate surface area is 407 Å². The van der Waals surface area contributed by atoms with E-state index < -0.39 is 6.10 Å². The quantitative estimate of drug-likeness (QED) is 0.0262. The zero-order valence-electron chi connectivity index (χ0n) is 42.9. The lowest BCUT2D eigenvalue weighted by molar-refractivity contribution is -0.166. The highest BCUT2D eigenvalue weighted by molar-refractivity contribution is 5.71. The van der Waals surface area contributed by atoms with Gasteiger partial charge in [-0.3, -0.25) is 14.4 Å². The molecule has 0 heterocycles. The van der Waals surface area contributed by atoms with Crippen LogP contribution in [0.4, 0.5) is 0 Å². The summed E-state index contributed by atoms with van der Waals surface area (Å²) in [6.07, 6.45) is 71.2. The molecule has 1 atom stereocenters. The maximum Gasteiger partial charge on any atom is 0.306 e. The number of rotatable bonds is 48. The van der Waals surface area contributed by atoms with Gasteiger partial charge < -0.3 is 14.2 Å². The first-order valence-electron chi connectivity index (χ1n) is 27.2. The van der Waals surface area contributed by atoms with Gasteiger partial charge in [-0.25, -0.2) is 0 Å².